The minimum absolute atomic E-state index is 0.00951. The first kappa shape index (κ1) is 19.8. The van der Waals surface area contributed by atoms with E-state index in [2.05, 4.69) is 15.3 Å². The Kier molecular flexibility index (Phi) is 5.35. The van der Waals surface area contributed by atoms with Crippen molar-refractivity contribution in [3.8, 4) is 0 Å². The summed E-state index contributed by atoms with van der Waals surface area (Å²) in [5.41, 5.74) is -0.0779. The number of fused-ring (bicyclic) bond motifs is 1. The first-order valence-corrected chi connectivity index (χ1v) is 9.36. The highest BCUT2D eigenvalue weighted by Crippen LogP contribution is 2.34. The van der Waals surface area contributed by atoms with Crippen molar-refractivity contribution in [2.75, 3.05) is 24.5 Å². The van der Waals surface area contributed by atoms with Crippen molar-refractivity contribution in [1.29, 1.82) is 0 Å². The normalized spacial score (nSPS) is 17.5. The van der Waals surface area contributed by atoms with E-state index in [1.165, 1.54) is 12.4 Å². The monoisotopic (exact) mass is 387 g/mol. The maximum Gasteiger partial charge on any atom is 0.293 e. The number of H-pyrrole nitrogens is 1. The third-order valence-electron chi connectivity index (χ3n) is 5.03. The lowest BCUT2D eigenvalue weighted by atomic mass is 9.93. The SMILES string of the molecule is CC(C)(C)C(=O)NCC1CCCN(c2cc3nc[nH]c(=O)c3cc2[N+](=O)[O-])C1. The number of hydrogen-bond donors (Lipinski definition) is 2. The second-order valence-electron chi connectivity index (χ2n) is 8.26. The van der Waals surface area contributed by atoms with E-state index in [9.17, 15) is 19.7 Å². The van der Waals surface area contributed by atoms with Crippen molar-refractivity contribution in [3.05, 3.63) is 38.9 Å². The molecule has 1 aromatic carbocycles. The zero-order chi connectivity index (χ0) is 20.5. The number of piperidine rings is 1. The number of aromatic nitrogens is 2. The Bertz CT molecular complexity index is 963. The van der Waals surface area contributed by atoms with Gasteiger partial charge in [0.25, 0.3) is 11.2 Å². The quantitative estimate of drug-likeness (QED) is 0.613. The largest absolute Gasteiger partial charge is 0.366 e. The van der Waals surface area contributed by atoms with Gasteiger partial charge in [-0.3, -0.25) is 19.7 Å². The molecule has 1 aliphatic rings. The van der Waals surface area contributed by atoms with Gasteiger partial charge in [0, 0.05) is 31.1 Å². The van der Waals surface area contributed by atoms with Crippen LogP contribution in [0.2, 0.25) is 0 Å². The summed E-state index contributed by atoms with van der Waals surface area (Å²) in [4.78, 5) is 43.8. The molecule has 150 valence electrons. The third-order valence-corrected chi connectivity index (χ3v) is 5.03. The van der Waals surface area contributed by atoms with E-state index in [0.717, 1.165) is 12.8 Å². The molecule has 1 saturated heterocycles. The van der Waals surface area contributed by atoms with Gasteiger partial charge >= 0.3 is 0 Å². The molecule has 1 atom stereocenters. The van der Waals surface area contributed by atoms with Crippen LogP contribution in [-0.4, -0.2) is 40.4 Å². The Balaban J connectivity index is 1.85. The summed E-state index contributed by atoms with van der Waals surface area (Å²) in [5, 5.41) is 14.8. The molecule has 9 heteroatoms. The van der Waals surface area contributed by atoms with Crippen molar-refractivity contribution in [2.24, 2.45) is 11.3 Å². The van der Waals surface area contributed by atoms with E-state index >= 15 is 0 Å². The van der Waals surface area contributed by atoms with Gasteiger partial charge in [-0.2, -0.15) is 0 Å². The minimum atomic E-state index is -0.466. The van der Waals surface area contributed by atoms with Crippen LogP contribution >= 0.6 is 0 Å². The van der Waals surface area contributed by atoms with Crippen molar-refractivity contribution >= 4 is 28.2 Å². The van der Waals surface area contributed by atoms with Gasteiger partial charge in [-0.1, -0.05) is 20.8 Å². The molecule has 28 heavy (non-hydrogen) atoms. The molecule has 0 saturated carbocycles. The average Bonchev–Trinajstić information content (AvgIpc) is 2.65. The highest BCUT2D eigenvalue weighted by molar-refractivity contribution is 5.87. The van der Waals surface area contributed by atoms with Gasteiger partial charge < -0.3 is 15.2 Å². The second kappa shape index (κ2) is 7.57. The average molecular weight is 387 g/mol. The summed E-state index contributed by atoms with van der Waals surface area (Å²) in [6.07, 6.45) is 3.11. The van der Waals surface area contributed by atoms with Crippen molar-refractivity contribution < 1.29 is 9.72 Å². The standard InChI is InChI=1S/C19H25N5O4/c1-19(2,3)18(26)20-9-12-5-4-6-23(10-12)15-8-14-13(7-16(15)24(27)28)17(25)22-11-21-14/h7-8,11-12H,4-6,9-10H2,1-3H3,(H,20,26)(H,21,22,25). The molecule has 0 radical (unpaired) electrons. The van der Waals surface area contributed by atoms with Crippen LogP contribution in [0.3, 0.4) is 0 Å². The summed E-state index contributed by atoms with van der Waals surface area (Å²) >= 11 is 0. The van der Waals surface area contributed by atoms with Crippen LogP contribution in [0.1, 0.15) is 33.6 Å². The zero-order valence-corrected chi connectivity index (χ0v) is 16.3. The molecule has 0 bridgehead atoms. The van der Waals surface area contributed by atoms with Crippen LogP contribution < -0.4 is 15.8 Å². The Hall–Kier alpha value is -2.97. The molecule has 1 aliphatic heterocycles. The topological polar surface area (TPSA) is 121 Å². The van der Waals surface area contributed by atoms with Gasteiger partial charge in [0.2, 0.25) is 5.91 Å². The third kappa shape index (κ3) is 4.13. The van der Waals surface area contributed by atoms with E-state index in [4.69, 9.17) is 0 Å². The predicted molar refractivity (Wildman–Crippen MR) is 106 cm³/mol. The van der Waals surface area contributed by atoms with Crippen LogP contribution in [0.5, 0.6) is 0 Å². The number of nitro benzene ring substituents is 1. The van der Waals surface area contributed by atoms with Crippen LogP contribution in [0.15, 0.2) is 23.3 Å². The molecule has 9 nitrogen and oxygen atoms in total. The number of amides is 1. The number of benzene rings is 1. The Morgan fingerprint density at radius 2 is 2.18 bits per heavy atom. The maximum absolute atomic E-state index is 12.1. The number of hydrogen-bond acceptors (Lipinski definition) is 6. The lowest BCUT2D eigenvalue weighted by molar-refractivity contribution is -0.384. The molecule has 1 fully saturated rings. The van der Waals surface area contributed by atoms with E-state index in [-0.39, 0.29) is 22.9 Å². The molecule has 1 amide bonds. The van der Waals surface area contributed by atoms with Gasteiger partial charge in [0.05, 0.1) is 22.2 Å². The summed E-state index contributed by atoms with van der Waals surface area (Å²) < 4.78 is 0. The molecular weight excluding hydrogens is 362 g/mol. The Morgan fingerprint density at radius 1 is 1.43 bits per heavy atom. The smallest absolute Gasteiger partial charge is 0.293 e. The van der Waals surface area contributed by atoms with Gasteiger partial charge in [-0.05, 0) is 24.8 Å². The number of carbonyl (C=O) groups is 1. The second-order valence-corrected chi connectivity index (χ2v) is 8.26. The fourth-order valence-electron chi connectivity index (χ4n) is 3.44. The van der Waals surface area contributed by atoms with Gasteiger partial charge in [-0.25, -0.2) is 4.98 Å². The van der Waals surface area contributed by atoms with Crippen LogP contribution in [-0.2, 0) is 4.79 Å². The first-order chi connectivity index (χ1) is 13.2. The van der Waals surface area contributed by atoms with E-state index in [0.29, 0.717) is 30.8 Å². The number of nitrogens with zero attached hydrogens (tertiary/aromatic N) is 3. The molecule has 2 heterocycles. The Morgan fingerprint density at radius 3 is 2.86 bits per heavy atom. The van der Waals surface area contributed by atoms with E-state index in [1.807, 2.05) is 25.7 Å². The van der Waals surface area contributed by atoms with Crippen molar-refractivity contribution in [2.45, 2.75) is 33.6 Å². The van der Waals surface area contributed by atoms with Crippen molar-refractivity contribution in [1.82, 2.24) is 15.3 Å². The molecule has 1 aromatic heterocycles. The van der Waals surface area contributed by atoms with Crippen LogP contribution in [0.4, 0.5) is 11.4 Å². The highest BCUT2D eigenvalue weighted by atomic mass is 16.6. The first-order valence-electron chi connectivity index (χ1n) is 9.36. The van der Waals surface area contributed by atoms with Gasteiger partial charge in [-0.15, -0.1) is 0 Å². The maximum atomic E-state index is 12.1. The molecule has 3 rings (SSSR count). The molecule has 2 aromatic rings. The fourth-order valence-corrected chi connectivity index (χ4v) is 3.44. The number of rotatable bonds is 4. The van der Waals surface area contributed by atoms with Gasteiger partial charge in [0.15, 0.2) is 0 Å². The fraction of sp³-hybridized carbons (Fsp3) is 0.526. The molecule has 2 N–H and O–H groups in total. The number of anilines is 1. The van der Waals surface area contributed by atoms with Crippen LogP contribution in [0, 0.1) is 21.4 Å². The lowest BCUT2D eigenvalue weighted by Crippen LogP contribution is -2.43. The van der Waals surface area contributed by atoms with Gasteiger partial charge in [0.1, 0.15) is 5.69 Å². The summed E-state index contributed by atoms with van der Waals surface area (Å²) in [5.74, 6) is 0.187. The van der Waals surface area contributed by atoms with Crippen LogP contribution in [0.25, 0.3) is 10.9 Å². The number of aromatic amines is 1. The lowest BCUT2D eigenvalue weighted by Gasteiger charge is -2.34. The van der Waals surface area contributed by atoms with E-state index < -0.39 is 15.9 Å². The summed E-state index contributed by atoms with van der Waals surface area (Å²) in [6.45, 7) is 7.40. The minimum Gasteiger partial charge on any atom is -0.366 e. The highest BCUT2D eigenvalue weighted by Gasteiger charge is 2.28. The number of carbonyl (C=O) groups excluding carboxylic acids is 1. The number of nitrogens with one attached hydrogen (secondary N) is 2. The molecular formula is C19H25N5O4. The van der Waals surface area contributed by atoms with Crippen molar-refractivity contribution in [3.63, 3.8) is 0 Å². The Labute approximate surface area is 162 Å². The molecule has 1 unspecified atom stereocenters. The molecule has 0 spiro atoms. The predicted octanol–water partition coefficient (Wildman–Crippen LogP) is 2.21. The van der Waals surface area contributed by atoms with E-state index in [1.54, 1.807) is 6.07 Å². The number of nitro groups is 1. The summed E-state index contributed by atoms with van der Waals surface area (Å²) in [7, 11) is 0. The zero-order valence-electron chi connectivity index (χ0n) is 16.3. The summed E-state index contributed by atoms with van der Waals surface area (Å²) in [6, 6.07) is 2.90. The molecule has 0 aliphatic carbocycles.